The average molecular weight is 229 g/mol. The molecule has 0 aromatic heterocycles. The number of hydrogen-bond acceptors (Lipinski definition) is 1. The predicted molar refractivity (Wildman–Crippen MR) is 70.9 cm³/mol. The standard InChI is InChI=1S/C15H19NO/c1-4-6-12-16(3)15(17)14-10-8-13(7-5-2)9-11-14/h8-11H,4,6,12H2,1-3H3. The van der Waals surface area contributed by atoms with Gasteiger partial charge in [0.05, 0.1) is 0 Å². The van der Waals surface area contributed by atoms with Crippen LogP contribution in [0.3, 0.4) is 0 Å². The summed E-state index contributed by atoms with van der Waals surface area (Å²) in [5.41, 5.74) is 1.67. The molecule has 0 heterocycles. The molecule has 0 unspecified atom stereocenters. The molecule has 1 amide bonds. The van der Waals surface area contributed by atoms with Gasteiger partial charge in [0.25, 0.3) is 5.91 Å². The number of nitrogens with zero attached hydrogens (tertiary/aromatic N) is 1. The van der Waals surface area contributed by atoms with Crippen molar-refractivity contribution in [3.8, 4) is 11.8 Å². The van der Waals surface area contributed by atoms with Crippen LogP contribution in [0, 0.1) is 11.8 Å². The van der Waals surface area contributed by atoms with Crippen LogP contribution < -0.4 is 0 Å². The first-order valence-corrected chi connectivity index (χ1v) is 5.97. The number of unbranched alkanes of at least 4 members (excludes halogenated alkanes) is 1. The van der Waals surface area contributed by atoms with Crippen molar-refractivity contribution in [3.05, 3.63) is 35.4 Å². The molecule has 0 radical (unpaired) electrons. The van der Waals surface area contributed by atoms with E-state index in [9.17, 15) is 4.79 Å². The normalized spacial score (nSPS) is 9.35. The second kappa shape index (κ2) is 6.75. The summed E-state index contributed by atoms with van der Waals surface area (Å²) < 4.78 is 0. The van der Waals surface area contributed by atoms with E-state index in [0.717, 1.165) is 30.5 Å². The molecule has 0 aliphatic rings. The van der Waals surface area contributed by atoms with Crippen LogP contribution in [0.25, 0.3) is 0 Å². The van der Waals surface area contributed by atoms with Crippen molar-refractivity contribution >= 4 is 5.91 Å². The third kappa shape index (κ3) is 3.96. The zero-order chi connectivity index (χ0) is 12.7. The minimum absolute atomic E-state index is 0.0782. The summed E-state index contributed by atoms with van der Waals surface area (Å²) >= 11 is 0. The minimum atomic E-state index is 0.0782. The lowest BCUT2D eigenvalue weighted by Gasteiger charge is -2.16. The molecule has 1 rings (SSSR count). The predicted octanol–water partition coefficient (Wildman–Crippen LogP) is 2.93. The first kappa shape index (κ1) is 13.3. The molecule has 0 saturated carbocycles. The van der Waals surface area contributed by atoms with Crippen molar-refractivity contribution in [1.82, 2.24) is 4.90 Å². The highest BCUT2D eigenvalue weighted by atomic mass is 16.2. The molecule has 90 valence electrons. The van der Waals surface area contributed by atoms with Crippen molar-refractivity contribution in [2.24, 2.45) is 0 Å². The molecule has 0 N–H and O–H groups in total. The highest BCUT2D eigenvalue weighted by Crippen LogP contribution is 2.07. The van der Waals surface area contributed by atoms with E-state index in [-0.39, 0.29) is 5.91 Å². The maximum Gasteiger partial charge on any atom is 0.253 e. The molecule has 0 aliphatic carbocycles. The Kier molecular flexibility index (Phi) is 5.29. The van der Waals surface area contributed by atoms with Crippen LogP contribution in [0.1, 0.15) is 42.6 Å². The van der Waals surface area contributed by atoms with Crippen LogP contribution in [0.15, 0.2) is 24.3 Å². The van der Waals surface area contributed by atoms with Gasteiger partial charge in [-0.1, -0.05) is 19.3 Å². The maximum absolute atomic E-state index is 12.0. The molecule has 0 saturated heterocycles. The van der Waals surface area contributed by atoms with Gasteiger partial charge in [-0.2, -0.15) is 0 Å². The molecular formula is C15H19NO. The molecule has 1 aromatic carbocycles. The monoisotopic (exact) mass is 229 g/mol. The van der Waals surface area contributed by atoms with Gasteiger partial charge >= 0.3 is 0 Å². The van der Waals surface area contributed by atoms with E-state index in [1.807, 2.05) is 31.3 Å². The molecule has 0 bridgehead atoms. The van der Waals surface area contributed by atoms with Crippen LogP contribution in [0.2, 0.25) is 0 Å². The van der Waals surface area contributed by atoms with Crippen molar-refractivity contribution in [2.75, 3.05) is 13.6 Å². The Morgan fingerprint density at radius 1 is 1.29 bits per heavy atom. The Morgan fingerprint density at radius 2 is 1.94 bits per heavy atom. The Labute approximate surface area is 104 Å². The Balaban J connectivity index is 2.71. The lowest BCUT2D eigenvalue weighted by atomic mass is 10.1. The number of carbonyl (C=O) groups excluding carboxylic acids is 1. The van der Waals surface area contributed by atoms with Gasteiger partial charge in [0.1, 0.15) is 0 Å². The van der Waals surface area contributed by atoms with Crippen molar-refractivity contribution in [2.45, 2.75) is 26.7 Å². The lowest BCUT2D eigenvalue weighted by molar-refractivity contribution is 0.0793. The third-order valence-corrected chi connectivity index (χ3v) is 2.59. The molecule has 2 heteroatoms. The van der Waals surface area contributed by atoms with Gasteiger partial charge in [0.2, 0.25) is 0 Å². The van der Waals surface area contributed by atoms with Gasteiger partial charge in [-0.25, -0.2) is 0 Å². The zero-order valence-corrected chi connectivity index (χ0v) is 10.8. The SMILES string of the molecule is CC#Cc1ccc(C(=O)N(C)CCCC)cc1. The summed E-state index contributed by atoms with van der Waals surface area (Å²) in [6.07, 6.45) is 2.14. The molecule has 0 fully saturated rings. The molecule has 2 nitrogen and oxygen atoms in total. The summed E-state index contributed by atoms with van der Waals surface area (Å²) in [7, 11) is 1.84. The van der Waals surface area contributed by atoms with Gasteiger partial charge in [0, 0.05) is 24.7 Å². The average Bonchev–Trinajstić information content (AvgIpc) is 2.36. The molecular weight excluding hydrogens is 210 g/mol. The quantitative estimate of drug-likeness (QED) is 0.727. The van der Waals surface area contributed by atoms with Crippen molar-refractivity contribution in [3.63, 3.8) is 0 Å². The highest BCUT2D eigenvalue weighted by molar-refractivity contribution is 5.94. The van der Waals surface area contributed by atoms with Gasteiger partial charge in [-0.3, -0.25) is 4.79 Å². The fourth-order valence-electron chi connectivity index (χ4n) is 1.56. The highest BCUT2D eigenvalue weighted by Gasteiger charge is 2.10. The van der Waals surface area contributed by atoms with E-state index < -0.39 is 0 Å². The van der Waals surface area contributed by atoms with Gasteiger partial charge in [-0.05, 0) is 37.6 Å². The van der Waals surface area contributed by atoms with Gasteiger partial charge < -0.3 is 4.90 Å². The van der Waals surface area contributed by atoms with E-state index >= 15 is 0 Å². The summed E-state index contributed by atoms with van der Waals surface area (Å²) in [5.74, 6) is 5.88. The second-order valence-electron chi connectivity index (χ2n) is 4.03. The van der Waals surface area contributed by atoms with E-state index in [0.29, 0.717) is 0 Å². The largest absolute Gasteiger partial charge is 0.342 e. The molecule has 17 heavy (non-hydrogen) atoms. The van der Waals surface area contributed by atoms with Crippen molar-refractivity contribution in [1.29, 1.82) is 0 Å². The maximum atomic E-state index is 12.0. The lowest BCUT2D eigenvalue weighted by Crippen LogP contribution is -2.27. The minimum Gasteiger partial charge on any atom is -0.342 e. The molecule has 0 aliphatic heterocycles. The first-order valence-electron chi connectivity index (χ1n) is 5.97. The summed E-state index contributed by atoms with van der Waals surface area (Å²) in [6.45, 7) is 4.74. The second-order valence-corrected chi connectivity index (χ2v) is 4.03. The van der Waals surface area contributed by atoms with Crippen LogP contribution in [0.4, 0.5) is 0 Å². The van der Waals surface area contributed by atoms with Gasteiger partial charge in [0.15, 0.2) is 0 Å². The summed E-state index contributed by atoms with van der Waals surface area (Å²) in [6, 6.07) is 7.45. The number of benzene rings is 1. The number of hydrogen-bond donors (Lipinski definition) is 0. The van der Waals surface area contributed by atoms with Crippen LogP contribution in [-0.4, -0.2) is 24.4 Å². The van der Waals surface area contributed by atoms with E-state index in [1.165, 1.54) is 0 Å². The van der Waals surface area contributed by atoms with E-state index in [4.69, 9.17) is 0 Å². The zero-order valence-electron chi connectivity index (χ0n) is 10.8. The third-order valence-electron chi connectivity index (χ3n) is 2.59. The topological polar surface area (TPSA) is 20.3 Å². The Bertz CT molecular complexity index is 422. The Hall–Kier alpha value is -1.75. The van der Waals surface area contributed by atoms with E-state index in [1.54, 1.807) is 11.8 Å². The van der Waals surface area contributed by atoms with Crippen LogP contribution in [-0.2, 0) is 0 Å². The van der Waals surface area contributed by atoms with Gasteiger partial charge in [-0.15, -0.1) is 5.92 Å². The van der Waals surface area contributed by atoms with E-state index in [2.05, 4.69) is 18.8 Å². The number of amides is 1. The molecule has 1 aromatic rings. The van der Waals surface area contributed by atoms with Crippen LogP contribution >= 0.6 is 0 Å². The summed E-state index contributed by atoms with van der Waals surface area (Å²) in [4.78, 5) is 13.8. The fourth-order valence-corrected chi connectivity index (χ4v) is 1.56. The number of carbonyl (C=O) groups is 1. The van der Waals surface area contributed by atoms with Crippen molar-refractivity contribution < 1.29 is 4.79 Å². The molecule has 0 spiro atoms. The first-order chi connectivity index (χ1) is 8.19. The Morgan fingerprint density at radius 3 is 2.47 bits per heavy atom. The fraction of sp³-hybridized carbons (Fsp3) is 0.400. The smallest absolute Gasteiger partial charge is 0.253 e. The number of rotatable bonds is 4. The summed E-state index contributed by atoms with van der Waals surface area (Å²) in [5, 5.41) is 0. The van der Waals surface area contributed by atoms with Crippen LogP contribution in [0.5, 0.6) is 0 Å². The molecule has 0 atom stereocenters.